The molecule has 0 aromatic carbocycles. The fourth-order valence-electron chi connectivity index (χ4n) is 7.04. The van der Waals surface area contributed by atoms with E-state index in [1.807, 2.05) is 41.5 Å². The molecule has 1 fully saturated rings. The largest absolute Gasteiger partial charge is 0.458 e. The quantitative estimate of drug-likeness (QED) is 0.0387. The summed E-state index contributed by atoms with van der Waals surface area (Å²) in [5.41, 5.74) is 0. The van der Waals surface area contributed by atoms with E-state index in [4.69, 9.17) is 4.74 Å². The minimum atomic E-state index is -1.71. The van der Waals surface area contributed by atoms with Gasteiger partial charge in [-0.05, 0) is 83.0 Å². The lowest BCUT2D eigenvalue weighted by atomic mass is 9.99. The van der Waals surface area contributed by atoms with Gasteiger partial charge in [-0.15, -0.1) is 0 Å². The van der Waals surface area contributed by atoms with Crippen molar-refractivity contribution in [3.05, 3.63) is 12.2 Å². The van der Waals surface area contributed by atoms with Crippen molar-refractivity contribution in [1.82, 2.24) is 31.9 Å². The molecule has 62 heavy (non-hydrogen) atoms. The number of carbonyl (C=O) groups is 7. The second kappa shape index (κ2) is 30.1. The molecular formula is C45H80N6O11. The zero-order valence-electron chi connectivity index (χ0n) is 38.8. The molecule has 1 rings (SSSR count). The minimum Gasteiger partial charge on any atom is -0.458 e. The number of carbonyl (C=O) groups excluding carboxylic acids is 7. The summed E-state index contributed by atoms with van der Waals surface area (Å²) in [4.78, 5) is 95.3. The third kappa shape index (κ3) is 22.3. The lowest BCUT2D eigenvalue weighted by Gasteiger charge is -2.31. The Balaban J connectivity index is 3.32. The van der Waals surface area contributed by atoms with Gasteiger partial charge < -0.3 is 52.0 Å². The molecule has 0 spiro atoms. The van der Waals surface area contributed by atoms with E-state index >= 15 is 0 Å². The standard InChI is InChI=1S/C45H80N6O11/c1-10-11-12-13-14-15-16-17-18-19-20-21-32(54)25-37(55)46-33(22-27(2)3)41(57)51-39-31(9)62-45(61)35(24-29(6)7)48-40(56)34(23-28(4)5)47-43(59)38(30(8)53)50-42(58)36(26-52)49-44(39)60/h15-16,27-36,38-39,52-54H,10-14,17-26H2,1-9H3,(H,46,55)(H,47,59)(H,48,56)(H,49,60)(H,50,58)(H,51,57)/b16-15-/t30-,31-,32?,33?,34?,35?,36+,38-,39-/m0/s1. The minimum absolute atomic E-state index is 0.104. The van der Waals surface area contributed by atoms with Crippen LogP contribution in [-0.2, 0) is 38.3 Å². The van der Waals surface area contributed by atoms with Crippen molar-refractivity contribution in [2.24, 2.45) is 17.8 Å². The predicted molar refractivity (Wildman–Crippen MR) is 236 cm³/mol. The highest BCUT2D eigenvalue weighted by Gasteiger charge is 2.39. The molecule has 0 aliphatic carbocycles. The maximum atomic E-state index is 14.0. The summed E-state index contributed by atoms with van der Waals surface area (Å²) in [5, 5.41) is 46.4. The van der Waals surface area contributed by atoms with Crippen molar-refractivity contribution in [3.63, 3.8) is 0 Å². The first-order valence-electron chi connectivity index (χ1n) is 22.8. The third-order valence-electron chi connectivity index (χ3n) is 10.5. The number of unbranched alkanes of at least 4 members (excludes halogenated alkanes) is 7. The van der Waals surface area contributed by atoms with Crippen LogP contribution in [0.2, 0.25) is 0 Å². The lowest BCUT2D eigenvalue weighted by Crippen LogP contribution is -2.64. The highest BCUT2D eigenvalue weighted by atomic mass is 16.5. The van der Waals surface area contributed by atoms with Crippen LogP contribution in [0.25, 0.3) is 0 Å². The lowest BCUT2D eigenvalue weighted by molar-refractivity contribution is -0.156. The van der Waals surface area contributed by atoms with Crippen LogP contribution in [0.4, 0.5) is 0 Å². The van der Waals surface area contributed by atoms with Crippen LogP contribution in [0.3, 0.4) is 0 Å². The molecule has 0 radical (unpaired) electrons. The highest BCUT2D eigenvalue weighted by molar-refractivity contribution is 5.97. The van der Waals surface area contributed by atoms with Crippen LogP contribution < -0.4 is 31.9 Å². The summed E-state index contributed by atoms with van der Waals surface area (Å²) in [6.07, 6.45) is 10.6. The fourth-order valence-corrected chi connectivity index (χ4v) is 7.04. The van der Waals surface area contributed by atoms with Gasteiger partial charge in [-0.2, -0.15) is 0 Å². The van der Waals surface area contributed by atoms with Gasteiger partial charge in [0.05, 0.1) is 25.2 Å². The first-order valence-corrected chi connectivity index (χ1v) is 22.8. The molecule has 1 saturated heterocycles. The maximum absolute atomic E-state index is 14.0. The summed E-state index contributed by atoms with van der Waals surface area (Å²) in [6, 6.07) is -8.65. The summed E-state index contributed by atoms with van der Waals surface area (Å²) in [6.45, 7) is 14.7. The van der Waals surface area contributed by atoms with Crippen molar-refractivity contribution in [2.75, 3.05) is 6.61 Å². The van der Waals surface area contributed by atoms with Crippen LogP contribution in [-0.4, -0.2) is 118 Å². The second-order valence-corrected chi connectivity index (χ2v) is 18.0. The molecule has 1 aliphatic heterocycles. The normalized spacial score (nSPS) is 23.6. The van der Waals surface area contributed by atoms with Crippen LogP contribution >= 0.6 is 0 Å². The first-order chi connectivity index (χ1) is 29.2. The van der Waals surface area contributed by atoms with E-state index in [1.165, 1.54) is 39.5 Å². The van der Waals surface area contributed by atoms with Gasteiger partial charge >= 0.3 is 5.97 Å². The summed E-state index contributed by atoms with van der Waals surface area (Å²) in [5.74, 6) is -6.51. The van der Waals surface area contributed by atoms with E-state index in [2.05, 4.69) is 51.0 Å². The molecule has 0 aromatic heterocycles. The Kier molecular flexibility index (Phi) is 27.1. The molecule has 9 N–H and O–H groups in total. The van der Waals surface area contributed by atoms with Gasteiger partial charge in [0.25, 0.3) is 0 Å². The van der Waals surface area contributed by atoms with Crippen LogP contribution in [0.1, 0.15) is 152 Å². The van der Waals surface area contributed by atoms with Crippen molar-refractivity contribution < 1.29 is 53.6 Å². The van der Waals surface area contributed by atoms with Gasteiger partial charge in [-0.25, -0.2) is 4.79 Å². The Labute approximate surface area is 369 Å². The van der Waals surface area contributed by atoms with Crippen molar-refractivity contribution in [3.8, 4) is 0 Å². The zero-order valence-corrected chi connectivity index (χ0v) is 38.8. The summed E-state index contributed by atoms with van der Waals surface area (Å²) in [7, 11) is 0. The Morgan fingerprint density at radius 3 is 1.81 bits per heavy atom. The first kappa shape index (κ1) is 55.9. The third-order valence-corrected chi connectivity index (χ3v) is 10.5. The number of aliphatic hydroxyl groups excluding tert-OH is 3. The van der Waals surface area contributed by atoms with Gasteiger partial charge in [0, 0.05) is 0 Å². The number of ether oxygens (including phenoxy) is 1. The second-order valence-electron chi connectivity index (χ2n) is 18.0. The molecule has 0 bridgehead atoms. The van der Waals surface area contributed by atoms with E-state index < -0.39 is 103 Å². The van der Waals surface area contributed by atoms with Crippen molar-refractivity contribution >= 4 is 41.4 Å². The van der Waals surface area contributed by atoms with Crippen molar-refractivity contribution in [1.29, 1.82) is 0 Å². The molecule has 1 heterocycles. The van der Waals surface area contributed by atoms with Crippen molar-refractivity contribution in [2.45, 2.75) is 207 Å². The predicted octanol–water partition coefficient (Wildman–Crippen LogP) is 2.58. The van der Waals surface area contributed by atoms with Gasteiger partial charge in [-0.1, -0.05) is 92.7 Å². The monoisotopic (exact) mass is 881 g/mol. The maximum Gasteiger partial charge on any atom is 0.328 e. The van der Waals surface area contributed by atoms with Crippen LogP contribution in [0, 0.1) is 17.8 Å². The molecule has 1 aliphatic rings. The number of hydrogen-bond donors (Lipinski definition) is 9. The Bertz CT molecular complexity index is 1440. The Hall–Kier alpha value is -4.09. The van der Waals surface area contributed by atoms with E-state index in [0.717, 1.165) is 32.1 Å². The number of nitrogens with one attached hydrogen (secondary N) is 6. The molecule has 0 saturated carbocycles. The van der Waals surface area contributed by atoms with Gasteiger partial charge in [0.1, 0.15) is 42.4 Å². The number of cyclic esters (lactones) is 1. The number of esters is 1. The fraction of sp³-hybridized carbons (Fsp3) is 0.800. The average Bonchev–Trinajstić information content (AvgIpc) is 3.17. The molecule has 4 unspecified atom stereocenters. The molecule has 0 aromatic rings. The van der Waals surface area contributed by atoms with E-state index in [1.54, 1.807) is 0 Å². The van der Waals surface area contributed by atoms with E-state index in [0.29, 0.717) is 6.42 Å². The van der Waals surface area contributed by atoms with Crippen LogP contribution in [0.5, 0.6) is 0 Å². The van der Waals surface area contributed by atoms with Crippen LogP contribution in [0.15, 0.2) is 12.2 Å². The van der Waals surface area contributed by atoms with E-state index in [9.17, 15) is 48.9 Å². The molecule has 17 heteroatoms. The smallest absolute Gasteiger partial charge is 0.328 e. The SMILES string of the molecule is CCCCCC/C=C\CCCCCC(O)CC(=O)NC(CC(C)C)C(=O)N[C@@H]1C(=O)N[C@H](CO)C(=O)N[C@@H]([C@H](C)O)C(=O)NC(CC(C)C)C(=O)NC(CC(C)C)C(=O)O[C@H]1C. The number of hydrogen-bond acceptors (Lipinski definition) is 11. The van der Waals surface area contributed by atoms with Gasteiger partial charge in [0.2, 0.25) is 35.4 Å². The summed E-state index contributed by atoms with van der Waals surface area (Å²) >= 11 is 0. The van der Waals surface area contributed by atoms with E-state index in [-0.39, 0.29) is 43.4 Å². The molecule has 6 amide bonds. The summed E-state index contributed by atoms with van der Waals surface area (Å²) < 4.78 is 5.73. The topological polar surface area (TPSA) is 262 Å². The van der Waals surface area contributed by atoms with Gasteiger partial charge in [-0.3, -0.25) is 28.8 Å². The Morgan fingerprint density at radius 2 is 1.26 bits per heavy atom. The molecular weight excluding hydrogens is 801 g/mol. The average molecular weight is 881 g/mol. The number of rotatable bonds is 24. The molecule has 9 atom stereocenters. The molecule has 17 nitrogen and oxygen atoms in total. The number of allylic oxidation sites excluding steroid dienone is 2. The number of amides is 6. The van der Waals surface area contributed by atoms with Gasteiger partial charge in [0.15, 0.2) is 0 Å². The Morgan fingerprint density at radius 1 is 0.710 bits per heavy atom. The molecule has 356 valence electrons. The highest BCUT2D eigenvalue weighted by Crippen LogP contribution is 2.15. The zero-order chi connectivity index (χ0) is 46.9. The number of aliphatic hydroxyl groups is 3.